The highest BCUT2D eigenvalue weighted by atomic mass is 35.5. The Hall–Kier alpha value is -1.30. The molecule has 0 saturated carbocycles. The van der Waals surface area contributed by atoms with E-state index in [2.05, 4.69) is 5.32 Å². The van der Waals surface area contributed by atoms with Gasteiger partial charge in [-0.25, -0.2) is 0 Å². The molecule has 1 unspecified atom stereocenters. The smallest absolute Gasteiger partial charge is 0.226 e. The van der Waals surface area contributed by atoms with Crippen LogP contribution in [0, 0.1) is 0 Å². The number of ether oxygens (including phenoxy) is 2. The standard InChI is InChI=1S/C14H19ClN2O3/c15-12-8-10(16)3-4-13(12)17-14(18)5-7-19-9-11-2-1-6-20-11/h3-4,8,11H,1-2,5-7,9,16H2,(H,17,18). The van der Waals surface area contributed by atoms with E-state index in [-0.39, 0.29) is 18.4 Å². The van der Waals surface area contributed by atoms with E-state index in [1.165, 1.54) is 0 Å². The Kier molecular flexibility index (Phi) is 5.64. The van der Waals surface area contributed by atoms with Gasteiger partial charge in [0.15, 0.2) is 0 Å². The minimum absolute atomic E-state index is 0.135. The summed E-state index contributed by atoms with van der Waals surface area (Å²) in [4.78, 5) is 11.7. The van der Waals surface area contributed by atoms with Crippen LogP contribution in [0.3, 0.4) is 0 Å². The second kappa shape index (κ2) is 7.47. The molecule has 1 atom stereocenters. The van der Waals surface area contributed by atoms with Crippen molar-refractivity contribution in [3.8, 4) is 0 Å². The number of carbonyl (C=O) groups excluding carboxylic acids is 1. The first kappa shape index (κ1) is 15.1. The second-order valence-electron chi connectivity index (χ2n) is 4.75. The molecular weight excluding hydrogens is 280 g/mol. The number of rotatable bonds is 6. The van der Waals surface area contributed by atoms with Crippen LogP contribution in [0.5, 0.6) is 0 Å². The predicted octanol–water partition coefficient (Wildman–Crippen LogP) is 2.45. The van der Waals surface area contributed by atoms with Crippen molar-refractivity contribution in [1.82, 2.24) is 0 Å². The topological polar surface area (TPSA) is 73.6 Å². The molecule has 110 valence electrons. The average molecular weight is 299 g/mol. The summed E-state index contributed by atoms with van der Waals surface area (Å²) in [5.41, 5.74) is 6.71. The molecule has 0 aliphatic carbocycles. The van der Waals surface area contributed by atoms with Gasteiger partial charge in [-0.05, 0) is 31.0 Å². The van der Waals surface area contributed by atoms with Gasteiger partial charge in [0, 0.05) is 12.3 Å². The van der Waals surface area contributed by atoms with Crippen LogP contribution in [-0.2, 0) is 14.3 Å². The van der Waals surface area contributed by atoms with Crippen LogP contribution in [0.1, 0.15) is 19.3 Å². The summed E-state index contributed by atoms with van der Waals surface area (Å²) in [6, 6.07) is 4.98. The fourth-order valence-corrected chi connectivity index (χ4v) is 2.24. The largest absolute Gasteiger partial charge is 0.399 e. The fraction of sp³-hybridized carbons (Fsp3) is 0.500. The summed E-state index contributed by atoms with van der Waals surface area (Å²) in [5, 5.41) is 3.16. The normalized spacial score (nSPS) is 18.1. The Morgan fingerprint density at radius 1 is 1.55 bits per heavy atom. The monoisotopic (exact) mass is 298 g/mol. The van der Waals surface area contributed by atoms with Crippen LogP contribution in [0.25, 0.3) is 0 Å². The lowest BCUT2D eigenvalue weighted by Gasteiger charge is -2.10. The molecule has 1 aromatic carbocycles. The van der Waals surface area contributed by atoms with Crippen molar-refractivity contribution in [2.75, 3.05) is 30.9 Å². The number of nitrogens with two attached hydrogens (primary N) is 1. The van der Waals surface area contributed by atoms with E-state index in [0.29, 0.717) is 29.6 Å². The highest BCUT2D eigenvalue weighted by Gasteiger charge is 2.15. The summed E-state index contributed by atoms with van der Waals surface area (Å²) in [6.07, 6.45) is 2.59. The summed E-state index contributed by atoms with van der Waals surface area (Å²) in [5.74, 6) is -0.135. The van der Waals surface area contributed by atoms with Crippen molar-refractivity contribution in [3.05, 3.63) is 23.2 Å². The minimum atomic E-state index is -0.135. The molecule has 20 heavy (non-hydrogen) atoms. The number of halogens is 1. The molecular formula is C14H19ClN2O3. The third kappa shape index (κ3) is 4.67. The summed E-state index contributed by atoms with van der Waals surface area (Å²) in [6.45, 7) is 1.73. The van der Waals surface area contributed by atoms with E-state index >= 15 is 0 Å². The maximum Gasteiger partial charge on any atom is 0.226 e. The minimum Gasteiger partial charge on any atom is -0.399 e. The van der Waals surface area contributed by atoms with Crippen LogP contribution in [-0.4, -0.2) is 31.8 Å². The van der Waals surface area contributed by atoms with E-state index in [0.717, 1.165) is 19.4 Å². The molecule has 0 radical (unpaired) electrons. The van der Waals surface area contributed by atoms with Crippen molar-refractivity contribution in [2.45, 2.75) is 25.4 Å². The molecule has 1 aliphatic rings. The zero-order valence-electron chi connectivity index (χ0n) is 11.2. The molecule has 1 aliphatic heterocycles. The number of hydrogen-bond donors (Lipinski definition) is 2. The van der Waals surface area contributed by atoms with E-state index in [1.54, 1.807) is 18.2 Å². The zero-order chi connectivity index (χ0) is 14.4. The Labute approximate surface area is 123 Å². The third-order valence-electron chi connectivity index (χ3n) is 3.07. The molecule has 0 aromatic heterocycles. The lowest BCUT2D eigenvalue weighted by molar-refractivity contribution is -0.117. The van der Waals surface area contributed by atoms with Crippen LogP contribution >= 0.6 is 11.6 Å². The lowest BCUT2D eigenvalue weighted by Crippen LogP contribution is -2.18. The molecule has 1 fully saturated rings. The lowest BCUT2D eigenvalue weighted by atomic mass is 10.2. The van der Waals surface area contributed by atoms with Gasteiger partial charge < -0.3 is 20.5 Å². The van der Waals surface area contributed by atoms with Crippen molar-refractivity contribution >= 4 is 28.9 Å². The van der Waals surface area contributed by atoms with Gasteiger partial charge in [-0.2, -0.15) is 0 Å². The molecule has 1 amide bonds. The van der Waals surface area contributed by atoms with Gasteiger partial charge in [0.2, 0.25) is 5.91 Å². The van der Waals surface area contributed by atoms with Crippen molar-refractivity contribution in [3.63, 3.8) is 0 Å². The first-order valence-electron chi connectivity index (χ1n) is 6.69. The molecule has 0 bridgehead atoms. The van der Waals surface area contributed by atoms with Gasteiger partial charge >= 0.3 is 0 Å². The summed E-state index contributed by atoms with van der Waals surface area (Å²) in [7, 11) is 0. The first-order valence-corrected chi connectivity index (χ1v) is 7.07. The molecule has 6 heteroatoms. The predicted molar refractivity (Wildman–Crippen MR) is 78.9 cm³/mol. The highest BCUT2D eigenvalue weighted by Crippen LogP contribution is 2.24. The molecule has 3 N–H and O–H groups in total. The van der Waals surface area contributed by atoms with E-state index < -0.39 is 0 Å². The van der Waals surface area contributed by atoms with Gasteiger partial charge in [0.25, 0.3) is 0 Å². The van der Waals surface area contributed by atoms with Gasteiger partial charge in [0.1, 0.15) is 0 Å². The summed E-state index contributed by atoms with van der Waals surface area (Å²) >= 11 is 5.98. The molecule has 0 spiro atoms. The number of amides is 1. The highest BCUT2D eigenvalue weighted by molar-refractivity contribution is 6.34. The molecule has 1 aromatic rings. The fourth-order valence-electron chi connectivity index (χ4n) is 2.00. The zero-order valence-corrected chi connectivity index (χ0v) is 12.0. The number of hydrogen-bond acceptors (Lipinski definition) is 4. The van der Waals surface area contributed by atoms with Crippen LogP contribution in [0.2, 0.25) is 5.02 Å². The van der Waals surface area contributed by atoms with Crippen molar-refractivity contribution in [2.24, 2.45) is 0 Å². The number of benzene rings is 1. The number of anilines is 2. The quantitative estimate of drug-likeness (QED) is 0.625. The molecule has 5 nitrogen and oxygen atoms in total. The Morgan fingerprint density at radius 2 is 2.40 bits per heavy atom. The Balaban J connectivity index is 1.67. The van der Waals surface area contributed by atoms with Crippen LogP contribution < -0.4 is 11.1 Å². The molecule has 1 saturated heterocycles. The van der Waals surface area contributed by atoms with Gasteiger partial charge in [-0.3, -0.25) is 4.79 Å². The van der Waals surface area contributed by atoms with E-state index in [1.807, 2.05) is 0 Å². The first-order chi connectivity index (χ1) is 9.65. The number of nitrogens with one attached hydrogen (secondary N) is 1. The second-order valence-corrected chi connectivity index (χ2v) is 5.15. The van der Waals surface area contributed by atoms with Crippen molar-refractivity contribution < 1.29 is 14.3 Å². The maximum absolute atomic E-state index is 11.7. The third-order valence-corrected chi connectivity index (χ3v) is 3.38. The number of carbonyl (C=O) groups is 1. The molecule has 1 heterocycles. The van der Waals surface area contributed by atoms with E-state index in [4.69, 9.17) is 26.8 Å². The van der Waals surface area contributed by atoms with Crippen LogP contribution in [0.4, 0.5) is 11.4 Å². The Morgan fingerprint density at radius 3 is 3.10 bits per heavy atom. The van der Waals surface area contributed by atoms with Crippen molar-refractivity contribution in [1.29, 1.82) is 0 Å². The van der Waals surface area contributed by atoms with Gasteiger partial charge in [-0.1, -0.05) is 11.6 Å². The maximum atomic E-state index is 11.7. The number of nitrogen functional groups attached to an aromatic ring is 1. The van der Waals surface area contributed by atoms with E-state index in [9.17, 15) is 4.79 Å². The Bertz CT molecular complexity index is 462. The van der Waals surface area contributed by atoms with Crippen LogP contribution in [0.15, 0.2) is 18.2 Å². The summed E-state index contributed by atoms with van der Waals surface area (Å²) < 4.78 is 10.9. The van der Waals surface area contributed by atoms with Gasteiger partial charge in [0.05, 0.1) is 36.4 Å². The average Bonchev–Trinajstić information content (AvgIpc) is 2.91. The SMILES string of the molecule is Nc1ccc(NC(=O)CCOCC2CCCO2)c(Cl)c1. The van der Waals surface area contributed by atoms with Gasteiger partial charge in [-0.15, -0.1) is 0 Å². The molecule has 2 rings (SSSR count).